The number of amides is 1. The molecule has 1 amide bonds. The van der Waals surface area contributed by atoms with Gasteiger partial charge in [0.15, 0.2) is 6.61 Å². The van der Waals surface area contributed by atoms with E-state index in [1.54, 1.807) is 0 Å². The van der Waals surface area contributed by atoms with Crippen LogP contribution in [0.3, 0.4) is 0 Å². The van der Waals surface area contributed by atoms with Crippen LogP contribution in [0.1, 0.15) is 43.0 Å². The Kier molecular flexibility index (Phi) is 5.14. The molecule has 1 saturated carbocycles. The standard InChI is InChI=1S/C15H20N2O4/c1-10-4-2-3-5-13(10)17-14(18)9-21-12-6-11(15(19)20)7-16-8-12/h6-8,10,13H,2-5,9H2,1H3,(H,17,18)(H,19,20). The zero-order chi connectivity index (χ0) is 15.2. The second kappa shape index (κ2) is 7.06. The zero-order valence-electron chi connectivity index (χ0n) is 12.0. The molecule has 0 saturated heterocycles. The lowest BCUT2D eigenvalue weighted by atomic mass is 9.86. The molecule has 1 aliphatic carbocycles. The van der Waals surface area contributed by atoms with E-state index < -0.39 is 5.97 Å². The summed E-state index contributed by atoms with van der Waals surface area (Å²) in [4.78, 5) is 26.5. The van der Waals surface area contributed by atoms with Crippen molar-refractivity contribution in [2.75, 3.05) is 6.61 Å². The molecule has 0 spiro atoms. The summed E-state index contributed by atoms with van der Waals surface area (Å²) in [6, 6.07) is 1.56. The van der Waals surface area contributed by atoms with Gasteiger partial charge < -0.3 is 15.2 Å². The molecule has 6 heteroatoms. The molecule has 2 unspecified atom stereocenters. The minimum absolute atomic E-state index is 0.0359. The van der Waals surface area contributed by atoms with E-state index in [1.807, 2.05) is 0 Å². The molecule has 2 atom stereocenters. The summed E-state index contributed by atoms with van der Waals surface area (Å²) in [5, 5.41) is 11.8. The lowest BCUT2D eigenvalue weighted by Gasteiger charge is -2.29. The first-order valence-electron chi connectivity index (χ1n) is 7.17. The largest absolute Gasteiger partial charge is 0.482 e. The van der Waals surface area contributed by atoms with Gasteiger partial charge in [-0.2, -0.15) is 0 Å². The van der Waals surface area contributed by atoms with E-state index in [9.17, 15) is 9.59 Å². The monoisotopic (exact) mass is 292 g/mol. The SMILES string of the molecule is CC1CCCCC1NC(=O)COc1cncc(C(=O)O)c1. The number of carboxylic acids is 1. The van der Waals surface area contributed by atoms with Gasteiger partial charge in [0.1, 0.15) is 5.75 Å². The van der Waals surface area contributed by atoms with Crippen LogP contribution in [0.15, 0.2) is 18.5 Å². The van der Waals surface area contributed by atoms with E-state index >= 15 is 0 Å². The number of carbonyl (C=O) groups excluding carboxylic acids is 1. The quantitative estimate of drug-likeness (QED) is 0.864. The fourth-order valence-corrected chi connectivity index (χ4v) is 2.54. The molecule has 21 heavy (non-hydrogen) atoms. The fraction of sp³-hybridized carbons (Fsp3) is 0.533. The predicted octanol–water partition coefficient (Wildman–Crippen LogP) is 1.85. The molecule has 1 aromatic heterocycles. The summed E-state index contributed by atoms with van der Waals surface area (Å²) < 4.78 is 5.30. The average molecular weight is 292 g/mol. The molecule has 0 aliphatic heterocycles. The normalized spacial score (nSPS) is 21.6. The van der Waals surface area contributed by atoms with Gasteiger partial charge in [0, 0.05) is 12.2 Å². The predicted molar refractivity (Wildman–Crippen MR) is 76.3 cm³/mol. The van der Waals surface area contributed by atoms with Gasteiger partial charge in [-0.25, -0.2) is 4.79 Å². The molecule has 0 aromatic carbocycles. The van der Waals surface area contributed by atoms with Crippen LogP contribution in [0.25, 0.3) is 0 Å². The van der Waals surface area contributed by atoms with Gasteiger partial charge in [0.25, 0.3) is 5.91 Å². The molecule has 2 N–H and O–H groups in total. The molecule has 6 nitrogen and oxygen atoms in total. The number of hydrogen-bond acceptors (Lipinski definition) is 4. The summed E-state index contributed by atoms with van der Waals surface area (Å²) in [7, 11) is 0. The number of hydrogen-bond donors (Lipinski definition) is 2. The van der Waals surface area contributed by atoms with Gasteiger partial charge >= 0.3 is 5.97 Å². The Bertz CT molecular complexity index is 518. The zero-order valence-corrected chi connectivity index (χ0v) is 12.0. The summed E-state index contributed by atoms with van der Waals surface area (Å²) in [5.41, 5.74) is 0.0359. The Balaban J connectivity index is 1.83. The first-order chi connectivity index (χ1) is 10.1. The minimum atomic E-state index is -1.08. The second-order valence-electron chi connectivity index (χ2n) is 5.44. The van der Waals surface area contributed by atoms with Gasteiger partial charge in [-0.05, 0) is 24.8 Å². The van der Waals surface area contributed by atoms with Gasteiger partial charge in [0.2, 0.25) is 0 Å². The van der Waals surface area contributed by atoms with Gasteiger partial charge in [-0.1, -0.05) is 19.8 Å². The van der Waals surface area contributed by atoms with Crippen molar-refractivity contribution in [3.8, 4) is 5.75 Å². The number of aromatic carboxylic acids is 1. The minimum Gasteiger partial charge on any atom is -0.482 e. The van der Waals surface area contributed by atoms with Crippen molar-refractivity contribution < 1.29 is 19.4 Å². The third-order valence-electron chi connectivity index (χ3n) is 3.79. The average Bonchev–Trinajstić information content (AvgIpc) is 2.48. The Morgan fingerprint density at radius 1 is 1.38 bits per heavy atom. The number of nitrogens with one attached hydrogen (secondary N) is 1. The van der Waals surface area contributed by atoms with E-state index in [0.717, 1.165) is 19.3 Å². The molecule has 0 radical (unpaired) electrons. The van der Waals surface area contributed by atoms with E-state index in [1.165, 1.54) is 24.9 Å². The first-order valence-corrected chi connectivity index (χ1v) is 7.17. The highest BCUT2D eigenvalue weighted by Gasteiger charge is 2.22. The van der Waals surface area contributed by atoms with Crippen LogP contribution in [0.4, 0.5) is 0 Å². The highest BCUT2D eigenvalue weighted by molar-refractivity contribution is 5.87. The van der Waals surface area contributed by atoms with Gasteiger partial charge in [0.05, 0.1) is 11.8 Å². The van der Waals surface area contributed by atoms with Gasteiger partial charge in [-0.3, -0.25) is 9.78 Å². The summed E-state index contributed by atoms with van der Waals surface area (Å²) in [6.45, 7) is 2.01. The molecule has 1 aliphatic rings. The number of ether oxygens (including phenoxy) is 1. The summed E-state index contributed by atoms with van der Waals surface area (Å²) in [5.74, 6) is -0.496. The maximum absolute atomic E-state index is 11.9. The van der Waals surface area contributed by atoms with Crippen LogP contribution in [0, 0.1) is 5.92 Å². The molecule has 1 heterocycles. The van der Waals surface area contributed by atoms with Crippen LogP contribution >= 0.6 is 0 Å². The Morgan fingerprint density at radius 3 is 2.86 bits per heavy atom. The van der Waals surface area contributed by atoms with Crippen LogP contribution < -0.4 is 10.1 Å². The summed E-state index contributed by atoms with van der Waals surface area (Å²) >= 11 is 0. The van der Waals surface area contributed by atoms with Crippen molar-refractivity contribution >= 4 is 11.9 Å². The van der Waals surface area contributed by atoms with Crippen molar-refractivity contribution in [3.05, 3.63) is 24.0 Å². The third-order valence-corrected chi connectivity index (χ3v) is 3.79. The Labute approximate surface area is 123 Å². The fourth-order valence-electron chi connectivity index (χ4n) is 2.54. The van der Waals surface area contributed by atoms with Crippen molar-refractivity contribution in [1.29, 1.82) is 0 Å². The number of carbonyl (C=O) groups is 2. The molecule has 1 fully saturated rings. The molecular weight excluding hydrogens is 272 g/mol. The maximum Gasteiger partial charge on any atom is 0.337 e. The number of pyridine rings is 1. The number of aromatic nitrogens is 1. The molecular formula is C15H20N2O4. The molecule has 1 aromatic rings. The number of carboxylic acid groups (broad SMARTS) is 1. The van der Waals surface area contributed by atoms with Crippen molar-refractivity contribution in [1.82, 2.24) is 10.3 Å². The van der Waals surface area contributed by atoms with Crippen LogP contribution in [0.2, 0.25) is 0 Å². The maximum atomic E-state index is 11.9. The van der Waals surface area contributed by atoms with Crippen molar-refractivity contribution in [2.24, 2.45) is 5.92 Å². The molecule has 2 rings (SSSR count). The van der Waals surface area contributed by atoms with E-state index in [-0.39, 0.29) is 29.9 Å². The highest BCUT2D eigenvalue weighted by Crippen LogP contribution is 2.23. The Hall–Kier alpha value is -2.11. The molecule has 114 valence electrons. The van der Waals surface area contributed by atoms with E-state index in [2.05, 4.69) is 17.2 Å². The smallest absolute Gasteiger partial charge is 0.337 e. The third kappa shape index (κ3) is 4.44. The first kappa shape index (κ1) is 15.3. The van der Waals surface area contributed by atoms with Crippen LogP contribution in [0.5, 0.6) is 5.75 Å². The lowest BCUT2D eigenvalue weighted by Crippen LogP contribution is -2.43. The Morgan fingerprint density at radius 2 is 2.14 bits per heavy atom. The van der Waals surface area contributed by atoms with Crippen molar-refractivity contribution in [3.63, 3.8) is 0 Å². The second-order valence-corrected chi connectivity index (χ2v) is 5.44. The number of nitrogens with zero attached hydrogens (tertiary/aromatic N) is 1. The van der Waals surface area contributed by atoms with Gasteiger partial charge in [-0.15, -0.1) is 0 Å². The lowest BCUT2D eigenvalue weighted by molar-refractivity contribution is -0.124. The van der Waals surface area contributed by atoms with E-state index in [0.29, 0.717) is 5.92 Å². The van der Waals surface area contributed by atoms with Crippen LogP contribution in [-0.4, -0.2) is 34.6 Å². The summed E-state index contributed by atoms with van der Waals surface area (Å²) in [6.07, 6.45) is 7.12. The van der Waals surface area contributed by atoms with E-state index in [4.69, 9.17) is 9.84 Å². The topological polar surface area (TPSA) is 88.5 Å². The number of rotatable bonds is 5. The van der Waals surface area contributed by atoms with Crippen molar-refractivity contribution in [2.45, 2.75) is 38.6 Å². The highest BCUT2D eigenvalue weighted by atomic mass is 16.5. The van der Waals surface area contributed by atoms with Crippen LogP contribution in [-0.2, 0) is 4.79 Å². The molecule has 0 bridgehead atoms.